The molecule has 0 aliphatic carbocycles. The molecule has 2 N–H and O–H groups in total. The normalized spacial score (nSPS) is 16.7. The van der Waals surface area contributed by atoms with Crippen molar-refractivity contribution in [1.82, 2.24) is 10.2 Å². The van der Waals surface area contributed by atoms with E-state index in [-0.39, 0.29) is 5.91 Å². The van der Waals surface area contributed by atoms with Crippen LogP contribution < -0.4 is 10.6 Å². The minimum atomic E-state index is 0.0323. The van der Waals surface area contributed by atoms with Gasteiger partial charge < -0.3 is 15.5 Å². The van der Waals surface area contributed by atoms with Gasteiger partial charge in [0.2, 0.25) is 0 Å². The SMILES string of the molecule is CCNc1cc(C)ccc1C(=O)NCC1CCN(C)CC1. The summed E-state index contributed by atoms with van der Waals surface area (Å²) >= 11 is 0. The number of piperidine rings is 1. The molecular weight excluding hydrogens is 262 g/mol. The molecule has 0 spiro atoms. The summed E-state index contributed by atoms with van der Waals surface area (Å²) in [4.78, 5) is 14.7. The number of aryl methyl sites for hydroxylation is 1. The summed E-state index contributed by atoms with van der Waals surface area (Å²) in [5, 5.41) is 6.38. The maximum absolute atomic E-state index is 12.4. The van der Waals surface area contributed by atoms with Gasteiger partial charge in [-0.3, -0.25) is 4.79 Å². The molecular formula is C17H27N3O. The average Bonchev–Trinajstić information content (AvgIpc) is 2.47. The molecule has 1 saturated heterocycles. The number of anilines is 1. The molecule has 0 bridgehead atoms. The minimum absolute atomic E-state index is 0.0323. The first-order valence-corrected chi connectivity index (χ1v) is 7.91. The fourth-order valence-corrected chi connectivity index (χ4v) is 2.79. The molecule has 1 fully saturated rings. The van der Waals surface area contributed by atoms with Gasteiger partial charge in [0.15, 0.2) is 0 Å². The van der Waals surface area contributed by atoms with Crippen LogP contribution in [0.15, 0.2) is 18.2 Å². The highest BCUT2D eigenvalue weighted by molar-refractivity contribution is 5.99. The maximum atomic E-state index is 12.4. The lowest BCUT2D eigenvalue weighted by Gasteiger charge is -2.29. The van der Waals surface area contributed by atoms with Gasteiger partial charge in [0, 0.05) is 18.8 Å². The summed E-state index contributed by atoms with van der Waals surface area (Å²) < 4.78 is 0. The zero-order valence-corrected chi connectivity index (χ0v) is 13.4. The number of carbonyl (C=O) groups is 1. The van der Waals surface area contributed by atoms with Gasteiger partial charge >= 0.3 is 0 Å². The Labute approximate surface area is 127 Å². The van der Waals surface area contributed by atoms with E-state index >= 15 is 0 Å². The van der Waals surface area contributed by atoms with E-state index in [1.54, 1.807) is 0 Å². The highest BCUT2D eigenvalue weighted by atomic mass is 16.1. The standard InChI is InChI=1S/C17H27N3O/c1-4-18-16-11-13(2)5-6-15(16)17(21)19-12-14-7-9-20(3)10-8-14/h5-6,11,14,18H,4,7-10,12H2,1-3H3,(H,19,21). The second kappa shape index (κ2) is 7.46. The molecule has 0 saturated carbocycles. The Bertz CT molecular complexity index is 479. The van der Waals surface area contributed by atoms with Crippen molar-refractivity contribution in [3.63, 3.8) is 0 Å². The minimum Gasteiger partial charge on any atom is -0.385 e. The first-order valence-electron chi connectivity index (χ1n) is 7.91. The first-order chi connectivity index (χ1) is 10.1. The number of nitrogens with zero attached hydrogens (tertiary/aromatic N) is 1. The summed E-state index contributed by atoms with van der Waals surface area (Å²) in [6.45, 7) is 7.95. The zero-order valence-electron chi connectivity index (χ0n) is 13.4. The predicted octanol–water partition coefficient (Wildman–Crippen LogP) is 2.50. The van der Waals surface area contributed by atoms with Crippen molar-refractivity contribution in [2.75, 3.05) is 38.5 Å². The highest BCUT2D eigenvalue weighted by Crippen LogP contribution is 2.19. The van der Waals surface area contributed by atoms with Gasteiger partial charge in [-0.15, -0.1) is 0 Å². The molecule has 4 nitrogen and oxygen atoms in total. The third-order valence-corrected chi connectivity index (χ3v) is 4.18. The molecule has 1 aliphatic rings. The number of hydrogen-bond acceptors (Lipinski definition) is 3. The number of amides is 1. The van der Waals surface area contributed by atoms with E-state index in [4.69, 9.17) is 0 Å². The van der Waals surface area contributed by atoms with Gasteiger partial charge in [0.1, 0.15) is 0 Å². The Morgan fingerprint density at radius 3 is 2.71 bits per heavy atom. The van der Waals surface area contributed by atoms with E-state index in [1.807, 2.05) is 32.0 Å². The number of nitrogens with one attached hydrogen (secondary N) is 2. The van der Waals surface area contributed by atoms with E-state index in [2.05, 4.69) is 22.6 Å². The van der Waals surface area contributed by atoms with Gasteiger partial charge in [-0.05, 0) is 70.4 Å². The fraction of sp³-hybridized carbons (Fsp3) is 0.588. The quantitative estimate of drug-likeness (QED) is 0.875. The lowest BCUT2D eigenvalue weighted by molar-refractivity contribution is 0.0940. The van der Waals surface area contributed by atoms with Crippen LogP contribution in [0.25, 0.3) is 0 Å². The first kappa shape index (κ1) is 15.8. The van der Waals surface area contributed by atoms with E-state index in [0.29, 0.717) is 5.92 Å². The molecule has 0 unspecified atom stereocenters. The van der Waals surface area contributed by atoms with Crippen molar-refractivity contribution in [2.45, 2.75) is 26.7 Å². The van der Waals surface area contributed by atoms with Crippen LogP contribution in [-0.2, 0) is 0 Å². The van der Waals surface area contributed by atoms with Crippen molar-refractivity contribution in [3.8, 4) is 0 Å². The molecule has 4 heteroatoms. The molecule has 1 heterocycles. The Morgan fingerprint density at radius 1 is 1.33 bits per heavy atom. The van der Waals surface area contributed by atoms with Gasteiger partial charge in [0.25, 0.3) is 5.91 Å². The Hall–Kier alpha value is -1.55. The summed E-state index contributed by atoms with van der Waals surface area (Å²) in [6, 6.07) is 5.94. The van der Waals surface area contributed by atoms with E-state index in [0.717, 1.165) is 43.0 Å². The van der Waals surface area contributed by atoms with E-state index < -0.39 is 0 Å². The number of rotatable bonds is 5. The summed E-state index contributed by atoms with van der Waals surface area (Å²) in [7, 11) is 2.16. The largest absolute Gasteiger partial charge is 0.385 e. The van der Waals surface area contributed by atoms with Gasteiger partial charge in [-0.2, -0.15) is 0 Å². The van der Waals surface area contributed by atoms with Crippen LogP contribution in [0.1, 0.15) is 35.7 Å². The van der Waals surface area contributed by atoms with Crippen molar-refractivity contribution in [3.05, 3.63) is 29.3 Å². The van der Waals surface area contributed by atoms with Crippen molar-refractivity contribution >= 4 is 11.6 Å². The second-order valence-electron chi connectivity index (χ2n) is 6.04. The van der Waals surface area contributed by atoms with Crippen LogP contribution in [0.5, 0.6) is 0 Å². The third-order valence-electron chi connectivity index (χ3n) is 4.18. The van der Waals surface area contributed by atoms with Crippen LogP contribution in [0.3, 0.4) is 0 Å². The molecule has 0 radical (unpaired) electrons. The third kappa shape index (κ3) is 4.46. The van der Waals surface area contributed by atoms with Crippen LogP contribution in [-0.4, -0.2) is 44.0 Å². The van der Waals surface area contributed by atoms with Gasteiger partial charge in [-0.25, -0.2) is 0 Å². The van der Waals surface area contributed by atoms with Crippen LogP contribution in [0.4, 0.5) is 5.69 Å². The van der Waals surface area contributed by atoms with Gasteiger partial charge in [0.05, 0.1) is 5.56 Å². The van der Waals surface area contributed by atoms with Crippen molar-refractivity contribution in [2.24, 2.45) is 5.92 Å². The second-order valence-corrected chi connectivity index (χ2v) is 6.04. The molecule has 1 aliphatic heterocycles. The number of carbonyl (C=O) groups excluding carboxylic acids is 1. The molecule has 1 aromatic carbocycles. The molecule has 1 aromatic rings. The highest BCUT2D eigenvalue weighted by Gasteiger charge is 2.18. The fourth-order valence-electron chi connectivity index (χ4n) is 2.79. The predicted molar refractivity (Wildman–Crippen MR) is 87.9 cm³/mol. The Morgan fingerprint density at radius 2 is 2.05 bits per heavy atom. The zero-order chi connectivity index (χ0) is 15.2. The monoisotopic (exact) mass is 289 g/mol. The number of likely N-dealkylation sites (tertiary alicyclic amines) is 1. The number of hydrogen-bond donors (Lipinski definition) is 2. The number of benzene rings is 1. The van der Waals surface area contributed by atoms with E-state index in [1.165, 1.54) is 12.8 Å². The smallest absolute Gasteiger partial charge is 0.253 e. The Balaban J connectivity index is 1.93. The van der Waals surface area contributed by atoms with Crippen LogP contribution in [0.2, 0.25) is 0 Å². The summed E-state index contributed by atoms with van der Waals surface area (Å²) in [5.74, 6) is 0.642. The molecule has 0 atom stereocenters. The molecule has 116 valence electrons. The lowest BCUT2D eigenvalue weighted by Crippen LogP contribution is -2.37. The van der Waals surface area contributed by atoms with E-state index in [9.17, 15) is 4.79 Å². The maximum Gasteiger partial charge on any atom is 0.253 e. The lowest BCUT2D eigenvalue weighted by atomic mass is 9.97. The summed E-state index contributed by atoms with van der Waals surface area (Å²) in [5.41, 5.74) is 2.84. The van der Waals surface area contributed by atoms with Crippen molar-refractivity contribution < 1.29 is 4.79 Å². The van der Waals surface area contributed by atoms with Crippen LogP contribution >= 0.6 is 0 Å². The molecule has 21 heavy (non-hydrogen) atoms. The topological polar surface area (TPSA) is 44.4 Å². The molecule has 1 amide bonds. The summed E-state index contributed by atoms with van der Waals surface area (Å²) in [6.07, 6.45) is 2.34. The molecule has 0 aromatic heterocycles. The Kier molecular flexibility index (Phi) is 5.62. The average molecular weight is 289 g/mol. The van der Waals surface area contributed by atoms with Crippen molar-refractivity contribution in [1.29, 1.82) is 0 Å². The molecule has 2 rings (SSSR count). The van der Waals surface area contributed by atoms with Gasteiger partial charge in [-0.1, -0.05) is 6.07 Å². The van der Waals surface area contributed by atoms with Crippen LogP contribution in [0, 0.1) is 12.8 Å².